The van der Waals surface area contributed by atoms with E-state index in [0.29, 0.717) is 49.1 Å². The first-order chi connectivity index (χ1) is 16.8. The van der Waals surface area contributed by atoms with Gasteiger partial charge in [-0.15, -0.1) is 0 Å². The van der Waals surface area contributed by atoms with Crippen LogP contribution < -0.4 is 4.74 Å². The molecule has 0 bridgehead atoms. The molecule has 0 fully saturated rings. The van der Waals surface area contributed by atoms with Crippen molar-refractivity contribution in [2.45, 2.75) is 65.8 Å². The number of carbonyl (C=O) groups is 2. The predicted octanol–water partition coefficient (Wildman–Crippen LogP) is 5.53. The van der Waals surface area contributed by atoms with Crippen molar-refractivity contribution in [2.24, 2.45) is 5.92 Å². The fraction of sp³-hybridized carbons (Fsp3) is 0.464. The van der Waals surface area contributed by atoms with Crippen molar-refractivity contribution in [2.75, 3.05) is 13.2 Å². The van der Waals surface area contributed by atoms with Gasteiger partial charge in [0.25, 0.3) is 0 Å². The number of aliphatic carboxylic acids is 1. The summed E-state index contributed by atoms with van der Waals surface area (Å²) in [5, 5.41) is 9.93. The van der Waals surface area contributed by atoms with Crippen molar-refractivity contribution in [3.63, 3.8) is 0 Å². The van der Waals surface area contributed by atoms with Crippen molar-refractivity contribution < 1.29 is 23.8 Å². The average molecular weight is 481 g/mol. The van der Waals surface area contributed by atoms with E-state index in [1.54, 1.807) is 12.1 Å². The van der Waals surface area contributed by atoms with Gasteiger partial charge in [0.05, 0.1) is 12.3 Å². The Hall–Kier alpha value is -3.35. The SMILES string of the molecule is CCCC=CC(=O)N1CCc2ccc(OCCc3nc(C=CCC(C)C)oc3C)cc2C1C(=O)O. The summed E-state index contributed by atoms with van der Waals surface area (Å²) in [6, 6.07) is 4.47. The Morgan fingerprint density at radius 2 is 2.11 bits per heavy atom. The molecule has 2 aromatic rings. The molecular formula is C28H36N2O5. The van der Waals surface area contributed by atoms with Crippen LogP contribution in [-0.2, 0) is 22.4 Å². The Bertz CT molecular complexity index is 1080. The summed E-state index contributed by atoms with van der Waals surface area (Å²) in [7, 11) is 0. The van der Waals surface area contributed by atoms with Gasteiger partial charge in [-0.25, -0.2) is 9.78 Å². The summed E-state index contributed by atoms with van der Waals surface area (Å²) in [6.45, 7) is 8.99. The van der Waals surface area contributed by atoms with Gasteiger partial charge in [0.15, 0.2) is 6.04 Å². The van der Waals surface area contributed by atoms with Crippen LogP contribution in [0.25, 0.3) is 6.08 Å². The van der Waals surface area contributed by atoms with E-state index in [4.69, 9.17) is 9.15 Å². The largest absolute Gasteiger partial charge is 0.493 e. The van der Waals surface area contributed by atoms with Gasteiger partial charge in [0.2, 0.25) is 11.8 Å². The third kappa shape index (κ3) is 7.07. The number of oxazole rings is 1. The lowest BCUT2D eigenvalue weighted by Crippen LogP contribution is -2.42. The number of amides is 1. The second-order valence-corrected chi connectivity index (χ2v) is 9.26. The fourth-order valence-corrected chi connectivity index (χ4v) is 4.09. The van der Waals surface area contributed by atoms with Gasteiger partial charge in [-0.1, -0.05) is 45.4 Å². The number of carboxylic acids is 1. The maximum Gasteiger partial charge on any atom is 0.331 e. The van der Waals surface area contributed by atoms with Crippen molar-refractivity contribution >= 4 is 18.0 Å². The molecule has 7 nitrogen and oxygen atoms in total. The lowest BCUT2D eigenvalue weighted by atomic mass is 9.92. The van der Waals surface area contributed by atoms with Crippen molar-refractivity contribution in [1.29, 1.82) is 0 Å². The molecule has 1 unspecified atom stereocenters. The van der Waals surface area contributed by atoms with Crippen molar-refractivity contribution in [3.05, 3.63) is 64.9 Å². The molecule has 1 atom stereocenters. The van der Waals surface area contributed by atoms with E-state index in [-0.39, 0.29) is 5.91 Å². The van der Waals surface area contributed by atoms with E-state index in [0.717, 1.165) is 36.3 Å². The van der Waals surface area contributed by atoms with Crippen LogP contribution in [0.2, 0.25) is 0 Å². The Kier molecular flexibility index (Phi) is 9.29. The number of aromatic nitrogens is 1. The third-order valence-corrected chi connectivity index (χ3v) is 5.96. The smallest absolute Gasteiger partial charge is 0.331 e. The van der Waals surface area contributed by atoms with Crippen LogP contribution >= 0.6 is 0 Å². The van der Waals surface area contributed by atoms with Gasteiger partial charge in [-0.05, 0) is 67.5 Å². The molecular weight excluding hydrogens is 444 g/mol. The maximum atomic E-state index is 12.7. The first-order valence-corrected chi connectivity index (χ1v) is 12.4. The van der Waals surface area contributed by atoms with Gasteiger partial charge in [0, 0.05) is 13.0 Å². The molecule has 1 aliphatic heterocycles. The molecule has 3 rings (SSSR count). The number of benzene rings is 1. The highest BCUT2D eigenvalue weighted by Gasteiger charge is 2.35. The third-order valence-electron chi connectivity index (χ3n) is 5.96. The summed E-state index contributed by atoms with van der Waals surface area (Å²) in [5.74, 6) is 1.19. The number of carboxylic acid groups (broad SMARTS) is 1. The van der Waals surface area contributed by atoms with Gasteiger partial charge in [-0.2, -0.15) is 0 Å². The highest BCUT2D eigenvalue weighted by atomic mass is 16.5. The first-order valence-electron chi connectivity index (χ1n) is 12.4. The van der Waals surface area contributed by atoms with E-state index >= 15 is 0 Å². The molecule has 0 saturated carbocycles. The Morgan fingerprint density at radius 1 is 1.31 bits per heavy atom. The van der Waals surface area contributed by atoms with E-state index in [1.165, 1.54) is 11.0 Å². The van der Waals surface area contributed by atoms with Crippen molar-refractivity contribution in [3.8, 4) is 5.75 Å². The molecule has 1 N–H and O–H groups in total. The molecule has 7 heteroatoms. The van der Waals surface area contributed by atoms with Crippen LogP contribution in [-0.4, -0.2) is 40.0 Å². The number of rotatable bonds is 11. The zero-order valence-electron chi connectivity index (χ0n) is 21.1. The summed E-state index contributed by atoms with van der Waals surface area (Å²) in [5.41, 5.74) is 2.37. The lowest BCUT2D eigenvalue weighted by molar-refractivity contribution is -0.149. The summed E-state index contributed by atoms with van der Waals surface area (Å²) in [6.07, 6.45) is 11.1. The number of nitrogens with zero attached hydrogens (tertiary/aromatic N) is 2. The van der Waals surface area contributed by atoms with Crippen LogP contribution in [0.3, 0.4) is 0 Å². The summed E-state index contributed by atoms with van der Waals surface area (Å²) in [4.78, 5) is 30.8. The van der Waals surface area contributed by atoms with Gasteiger partial charge < -0.3 is 19.2 Å². The number of unbranched alkanes of at least 4 members (excludes halogenated alkanes) is 1. The summed E-state index contributed by atoms with van der Waals surface area (Å²) >= 11 is 0. The molecule has 0 saturated heterocycles. The molecule has 1 amide bonds. The highest BCUT2D eigenvalue weighted by Crippen LogP contribution is 2.33. The minimum absolute atomic E-state index is 0.275. The number of ether oxygens (including phenoxy) is 1. The lowest BCUT2D eigenvalue weighted by Gasteiger charge is -2.34. The number of carbonyl (C=O) groups excluding carboxylic acids is 1. The van der Waals surface area contributed by atoms with Crippen molar-refractivity contribution in [1.82, 2.24) is 9.88 Å². The van der Waals surface area contributed by atoms with Gasteiger partial charge >= 0.3 is 5.97 Å². The number of allylic oxidation sites excluding steroid dienone is 2. The molecule has 1 aromatic heterocycles. The molecule has 2 heterocycles. The van der Waals surface area contributed by atoms with E-state index < -0.39 is 12.0 Å². The molecule has 0 radical (unpaired) electrons. The second kappa shape index (κ2) is 12.4. The normalized spacial score (nSPS) is 15.8. The molecule has 1 aliphatic rings. The molecule has 35 heavy (non-hydrogen) atoms. The first kappa shape index (κ1) is 26.3. The molecule has 0 spiro atoms. The maximum absolute atomic E-state index is 12.7. The molecule has 0 aliphatic carbocycles. The van der Waals surface area contributed by atoms with Crippen LogP contribution in [0, 0.1) is 12.8 Å². The predicted molar refractivity (Wildman–Crippen MR) is 135 cm³/mol. The number of hydrogen-bond acceptors (Lipinski definition) is 5. The van der Waals surface area contributed by atoms with E-state index in [9.17, 15) is 14.7 Å². The minimum atomic E-state index is -1.04. The zero-order chi connectivity index (χ0) is 25.4. The van der Waals surface area contributed by atoms with E-state index in [1.807, 2.05) is 32.1 Å². The Labute approximate surface area is 207 Å². The minimum Gasteiger partial charge on any atom is -0.493 e. The number of fused-ring (bicyclic) bond motifs is 1. The molecule has 1 aromatic carbocycles. The van der Waals surface area contributed by atoms with E-state index in [2.05, 4.69) is 24.9 Å². The zero-order valence-corrected chi connectivity index (χ0v) is 21.1. The Balaban J connectivity index is 1.67. The topological polar surface area (TPSA) is 92.9 Å². The summed E-state index contributed by atoms with van der Waals surface area (Å²) < 4.78 is 11.7. The number of aryl methyl sites for hydroxylation is 1. The highest BCUT2D eigenvalue weighted by molar-refractivity contribution is 5.92. The number of hydrogen-bond donors (Lipinski definition) is 1. The average Bonchev–Trinajstić information content (AvgIpc) is 3.16. The monoisotopic (exact) mass is 480 g/mol. The second-order valence-electron chi connectivity index (χ2n) is 9.26. The Morgan fingerprint density at radius 3 is 2.83 bits per heavy atom. The van der Waals surface area contributed by atoms with Crippen LogP contribution in [0.1, 0.15) is 74.5 Å². The fourth-order valence-electron chi connectivity index (χ4n) is 4.09. The van der Waals surface area contributed by atoms with Gasteiger partial charge in [0.1, 0.15) is 11.5 Å². The van der Waals surface area contributed by atoms with Crippen LogP contribution in [0.4, 0.5) is 0 Å². The van der Waals surface area contributed by atoms with Crippen LogP contribution in [0.5, 0.6) is 5.75 Å². The molecule has 188 valence electrons. The van der Waals surface area contributed by atoms with Gasteiger partial charge in [-0.3, -0.25) is 4.79 Å². The van der Waals surface area contributed by atoms with Crippen LogP contribution in [0.15, 0.2) is 40.8 Å². The quantitative estimate of drug-likeness (QED) is 0.425. The standard InChI is InChI=1S/C28H36N2O5/c1-5-6-7-11-26(31)30-16-14-21-12-13-22(18-23(21)27(30)28(32)33)34-17-15-24-20(4)35-25(29-24)10-8-9-19(2)3/h7-8,10-13,18-19,27H,5-6,9,14-17H2,1-4H3,(H,32,33).